The molecule has 1 saturated heterocycles. The van der Waals surface area contributed by atoms with Crippen LogP contribution in [0.15, 0.2) is 12.2 Å². The molecule has 0 bridgehead atoms. The fourth-order valence-corrected chi connectivity index (χ4v) is 3.26. The first-order valence-electron chi connectivity index (χ1n) is 10.6. The van der Waals surface area contributed by atoms with Gasteiger partial charge in [-0.2, -0.15) is 0 Å². The molecule has 0 aromatic rings. The number of hydrogen-bond donors (Lipinski definition) is 3. The van der Waals surface area contributed by atoms with Crippen LogP contribution in [-0.4, -0.2) is 59.6 Å². The minimum atomic E-state index is -0.993. The van der Waals surface area contributed by atoms with Crippen molar-refractivity contribution in [3.05, 3.63) is 12.2 Å². The molecule has 5 nitrogen and oxygen atoms in total. The molecule has 0 aromatic carbocycles. The molecule has 5 heteroatoms. The number of rotatable bonds is 15. The summed E-state index contributed by atoms with van der Waals surface area (Å²) < 4.78 is 11.0. The van der Waals surface area contributed by atoms with Crippen LogP contribution in [0.2, 0.25) is 0 Å². The van der Waals surface area contributed by atoms with Crippen LogP contribution >= 0.6 is 0 Å². The fourth-order valence-electron chi connectivity index (χ4n) is 3.26. The summed E-state index contributed by atoms with van der Waals surface area (Å²) >= 11 is 0. The summed E-state index contributed by atoms with van der Waals surface area (Å²) in [6.45, 7) is 2.59. The maximum absolute atomic E-state index is 9.97. The van der Waals surface area contributed by atoms with Gasteiger partial charge in [-0.15, -0.1) is 0 Å². The van der Waals surface area contributed by atoms with Gasteiger partial charge < -0.3 is 24.8 Å². The van der Waals surface area contributed by atoms with Gasteiger partial charge in [0, 0.05) is 6.61 Å². The lowest BCUT2D eigenvalue weighted by molar-refractivity contribution is -0.211. The zero-order valence-corrected chi connectivity index (χ0v) is 16.5. The van der Waals surface area contributed by atoms with Crippen molar-refractivity contribution >= 4 is 0 Å². The smallest absolute Gasteiger partial charge is 0.114 e. The molecule has 0 amide bonds. The average Bonchev–Trinajstić information content (AvgIpc) is 2.65. The van der Waals surface area contributed by atoms with E-state index in [4.69, 9.17) is 9.47 Å². The number of unbranched alkanes of at least 4 members (excludes halogenated alkanes) is 9. The number of ether oxygens (including phenoxy) is 2. The van der Waals surface area contributed by atoms with Gasteiger partial charge in [0.25, 0.3) is 0 Å². The zero-order valence-electron chi connectivity index (χ0n) is 16.5. The Bertz CT molecular complexity index is 345. The van der Waals surface area contributed by atoms with E-state index in [2.05, 4.69) is 19.1 Å². The van der Waals surface area contributed by atoms with Gasteiger partial charge in [-0.25, -0.2) is 0 Å². The Morgan fingerprint density at radius 2 is 1.54 bits per heavy atom. The van der Waals surface area contributed by atoms with Crippen LogP contribution < -0.4 is 0 Å². The standard InChI is InChI=1S/C21H40O5/c1-2-3-4-5-6-7-8-9-10-11-12-13-14-15-25-21-19(16-22)26-17-18(23)20(21)24/h8-9,18-24H,2-7,10-17H2,1H3/b9-8+/t18-,19+,20+,21+/m1/s1. The van der Waals surface area contributed by atoms with Gasteiger partial charge in [-0.1, -0.05) is 57.6 Å². The predicted molar refractivity (Wildman–Crippen MR) is 104 cm³/mol. The Hall–Kier alpha value is -0.460. The zero-order chi connectivity index (χ0) is 19.0. The van der Waals surface area contributed by atoms with E-state index in [1.807, 2.05) is 0 Å². The molecule has 1 aliphatic heterocycles. The number of hydrogen-bond acceptors (Lipinski definition) is 5. The number of aliphatic hydroxyl groups excluding tert-OH is 3. The topological polar surface area (TPSA) is 79.2 Å². The van der Waals surface area contributed by atoms with Gasteiger partial charge in [-0.3, -0.25) is 0 Å². The molecule has 154 valence electrons. The van der Waals surface area contributed by atoms with Gasteiger partial charge in [-0.05, 0) is 32.1 Å². The molecule has 1 heterocycles. The molecular weight excluding hydrogens is 332 g/mol. The van der Waals surface area contributed by atoms with Gasteiger partial charge in [0.2, 0.25) is 0 Å². The van der Waals surface area contributed by atoms with E-state index in [0.717, 1.165) is 19.3 Å². The SMILES string of the molecule is CCCCCCC/C=C/CCCCCCO[C@@H]1[C@@H](O)[C@H](O)CO[C@H]1CO. The molecule has 26 heavy (non-hydrogen) atoms. The second-order valence-electron chi connectivity index (χ2n) is 7.32. The van der Waals surface area contributed by atoms with Gasteiger partial charge >= 0.3 is 0 Å². The third-order valence-electron chi connectivity index (χ3n) is 4.97. The minimum Gasteiger partial charge on any atom is -0.394 e. The maximum atomic E-state index is 9.97. The highest BCUT2D eigenvalue weighted by molar-refractivity contribution is 4.87. The molecule has 1 rings (SSSR count). The lowest BCUT2D eigenvalue weighted by atomic mass is 10.0. The Morgan fingerprint density at radius 1 is 0.923 bits per heavy atom. The molecule has 0 aliphatic carbocycles. The summed E-state index contributed by atoms with van der Waals surface area (Å²) in [6.07, 6.45) is 14.9. The monoisotopic (exact) mass is 372 g/mol. The van der Waals surface area contributed by atoms with Gasteiger partial charge in [0.1, 0.15) is 24.4 Å². The highest BCUT2D eigenvalue weighted by Gasteiger charge is 2.39. The molecule has 3 N–H and O–H groups in total. The Balaban J connectivity index is 1.95. The molecule has 0 unspecified atom stereocenters. The lowest BCUT2D eigenvalue weighted by Crippen LogP contribution is -2.55. The largest absolute Gasteiger partial charge is 0.394 e. The summed E-state index contributed by atoms with van der Waals surface area (Å²) in [4.78, 5) is 0. The van der Waals surface area contributed by atoms with Crippen molar-refractivity contribution in [2.75, 3.05) is 19.8 Å². The average molecular weight is 373 g/mol. The quantitative estimate of drug-likeness (QED) is 0.303. The van der Waals surface area contributed by atoms with Crippen LogP contribution in [0.4, 0.5) is 0 Å². The van der Waals surface area contributed by atoms with Crippen molar-refractivity contribution in [2.24, 2.45) is 0 Å². The van der Waals surface area contributed by atoms with E-state index >= 15 is 0 Å². The highest BCUT2D eigenvalue weighted by atomic mass is 16.6. The van der Waals surface area contributed by atoms with Gasteiger partial charge in [0.05, 0.1) is 13.2 Å². The van der Waals surface area contributed by atoms with Crippen LogP contribution in [0, 0.1) is 0 Å². The number of allylic oxidation sites excluding steroid dienone is 2. The summed E-state index contributed by atoms with van der Waals surface area (Å²) in [5, 5.41) is 28.9. The maximum Gasteiger partial charge on any atom is 0.114 e. The molecule has 1 fully saturated rings. The normalized spacial score (nSPS) is 26.6. The fraction of sp³-hybridized carbons (Fsp3) is 0.905. The molecule has 0 spiro atoms. The first-order valence-corrected chi connectivity index (χ1v) is 10.6. The third-order valence-corrected chi connectivity index (χ3v) is 4.97. The summed E-state index contributed by atoms with van der Waals surface area (Å²) in [5.74, 6) is 0. The van der Waals surface area contributed by atoms with E-state index in [9.17, 15) is 15.3 Å². The first kappa shape index (κ1) is 23.6. The predicted octanol–water partition coefficient (Wildman–Crippen LogP) is 3.35. The van der Waals surface area contributed by atoms with Crippen molar-refractivity contribution in [2.45, 2.75) is 102 Å². The third kappa shape index (κ3) is 10.0. The van der Waals surface area contributed by atoms with Crippen molar-refractivity contribution < 1.29 is 24.8 Å². The lowest BCUT2D eigenvalue weighted by Gasteiger charge is -2.37. The molecule has 1 aliphatic rings. The summed E-state index contributed by atoms with van der Waals surface area (Å²) in [7, 11) is 0. The van der Waals surface area contributed by atoms with E-state index in [1.54, 1.807) is 0 Å². The Kier molecular flexibility index (Phi) is 14.1. The van der Waals surface area contributed by atoms with Crippen molar-refractivity contribution in [1.29, 1.82) is 0 Å². The van der Waals surface area contributed by atoms with Crippen molar-refractivity contribution in [1.82, 2.24) is 0 Å². The molecule has 0 aromatic heterocycles. The Labute approximate surface area is 159 Å². The van der Waals surface area contributed by atoms with Crippen molar-refractivity contribution in [3.8, 4) is 0 Å². The van der Waals surface area contributed by atoms with Crippen LogP contribution in [0.3, 0.4) is 0 Å². The number of aliphatic hydroxyl groups is 3. The molecule has 4 atom stereocenters. The van der Waals surface area contributed by atoms with Crippen LogP contribution in [-0.2, 0) is 9.47 Å². The van der Waals surface area contributed by atoms with Crippen LogP contribution in [0.5, 0.6) is 0 Å². The van der Waals surface area contributed by atoms with E-state index in [-0.39, 0.29) is 13.2 Å². The minimum absolute atomic E-state index is 0.0402. The van der Waals surface area contributed by atoms with E-state index in [1.165, 1.54) is 51.4 Å². The molecule has 0 saturated carbocycles. The second kappa shape index (κ2) is 15.6. The first-order chi connectivity index (χ1) is 12.7. The van der Waals surface area contributed by atoms with Crippen LogP contribution in [0.1, 0.15) is 77.6 Å². The Morgan fingerprint density at radius 3 is 2.15 bits per heavy atom. The highest BCUT2D eigenvalue weighted by Crippen LogP contribution is 2.19. The van der Waals surface area contributed by atoms with Crippen molar-refractivity contribution in [3.63, 3.8) is 0 Å². The summed E-state index contributed by atoms with van der Waals surface area (Å²) in [6, 6.07) is 0. The molecule has 0 radical (unpaired) electrons. The van der Waals surface area contributed by atoms with Crippen LogP contribution in [0.25, 0.3) is 0 Å². The van der Waals surface area contributed by atoms with E-state index in [0.29, 0.717) is 6.61 Å². The molecular formula is C21H40O5. The summed E-state index contributed by atoms with van der Waals surface area (Å²) in [5.41, 5.74) is 0. The van der Waals surface area contributed by atoms with Gasteiger partial charge in [0.15, 0.2) is 0 Å². The second-order valence-corrected chi connectivity index (χ2v) is 7.32. The van der Waals surface area contributed by atoms with E-state index < -0.39 is 24.4 Å².